The highest BCUT2D eigenvalue weighted by molar-refractivity contribution is 5.76. The van der Waals surface area contributed by atoms with Crippen molar-refractivity contribution < 1.29 is 4.79 Å². The highest BCUT2D eigenvalue weighted by Crippen LogP contribution is 2.23. The summed E-state index contributed by atoms with van der Waals surface area (Å²) < 4.78 is 1.71. The van der Waals surface area contributed by atoms with Crippen molar-refractivity contribution in [3.05, 3.63) is 11.4 Å². The van der Waals surface area contributed by atoms with Gasteiger partial charge in [-0.2, -0.15) is 5.10 Å². The van der Waals surface area contributed by atoms with E-state index in [1.54, 1.807) is 4.68 Å². The topological polar surface area (TPSA) is 64.2 Å². The summed E-state index contributed by atoms with van der Waals surface area (Å²) in [5.41, 5.74) is 8.23. The number of nitrogen functional groups attached to an aromatic ring is 1. The monoisotopic (exact) mass is 250 g/mol. The van der Waals surface area contributed by atoms with Gasteiger partial charge in [0, 0.05) is 13.1 Å². The molecule has 0 aliphatic heterocycles. The first-order valence-corrected chi connectivity index (χ1v) is 6.56. The van der Waals surface area contributed by atoms with Crippen molar-refractivity contribution in [1.82, 2.24) is 14.7 Å². The normalized spacial score (nSPS) is 16.2. The van der Waals surface area contributed by atoms with Crippen LogP contribution in [0.25, 0.3) is 0 Å². The second-order valence-corrected chi connectivity index (χ2v) is 5.19. The number of aryl methyl sites for hydroxylation is 1. The van der Waals surface area contributed by atoms with Crippen LogP contribution in [-0.4, -0.2) is 33.7 Å². The van der Waals surface area contributed by atoms with E-state index in [0.29, 0.717) is 11.7 Å². The van der Waals surface area contributed by atoms with Crippen LogP contribution < -0.4 is 5.73 Å². The van der Waals surface area contributed by atoms with E-state index in [1.165, 1.54) is 12.8 Å². The molecule has 5 heteroatoms. The van der Waals surface area contributed by atoms with Gasteiger partial charge in [0.15, 0.2) is 0 Å². The van der Waals surface area contributed by atoms with E-state index >= 15 is 0 Å². The molecule has 18 heavy (non-hydrogen) atoms. The largest absolute Gasteiger partial charge is 0.396 e. The summed E-state index contributed by atoms with van der Waals surface area (Å²) >= 11 is 0. The lowest BCUT2D eigenvalue weighted by Gasteiger charge is -2.24. The highest BCUT2D eigenvalue weighted by atomic mass is 16.2. The van der Waals surface area contributed by atoms with Crippen molar-refractivity contribution in [3.63, 3.8) is 0 Å². The van der Waals surface area contributed by atoms with E-state index in [1.807, 2.05) is 25.8 Å². The van der Waals surface area contributed by atoms with Gasteiger partial charge in [-0.25, -0.2) is 0 Å². The molecule has 0 radical (unpaired) electrons. The third-order valence-corrected chi connectivity index (χ3v) is 3.99. The van der Waals surface area contributed by atoms with Crippen molar-refractivity contribution in [2.45, 2.75) is 52.1 Å². The van der Waals surface area contributed by atoms with E-state index in [-0.39, 0.29) is 12.5 Å². The van der Waals surface area contributed by atoms with Crippen LogP contribution >= 0.6 is 0 Å². The summed E-state index contributed by atoms with van der Waals surface area (Å²) in [4.78, 5) is 14.1. The van der Waals surface area contributed by atoms with Crippen LogP contribution in [0.3, 0.4) is 0 Å². The molecule has 1 fully saturated rings. The zero-order valence-corrected chi connectivity index (χ0v) is 11.4. The number of amides is 1. The maximum atomic E-state index is 12.2. The first-order chi connectivity index (χ1) is 8.50. The molecule has 0 saturated heterocycles. The Bertz CT molecular complexity index is 446. The predicted molar refractivity (Wildman–Crippen MR) is 71.1 cm³/mol. The number of rotatable bonds is 3. The third kappa shape index (κ3) is 2.35. The third-order valence-electron chi connectivity index (χ3n) is 3.99. The SMILES string of the molecule is Cc1nn(CC(=O)N(C)C2CCCC2)c(C)c1N. The summed E-state index contributed by atoms with van der Waals surface area (Å²) in [6.45, 7) is 4.05. The Kier molecular flexibility index (Phi) is 3.59. The number of carbonyl (C=O) groups is 1. The van der Waals surface area contributed by atoms with Crippen molar-refractivity contribution in [3.8, 4) is 0 Å². The zero-order chi connectivity index (χ0) is 13.3. The van der Waals surface area contributed by atoms with E-state index in [0.717, 1.165) is 24.2 Å². The van der Waals surface area contributed by atoms with Gasteiger partial charge in [-0.15, -0.1) is 0 Å². The molecular weight excluding hydrogens is 228 g/mol. The maximum Gasteiger partial charge on any atom is 0.244 e. The minimum Gasteiger partial charge on any atom is -0.396 e. The number of likely N-dealkylation sites (N-methyl/N-ethyl adjacent to an activating group) is 1. The molecular formula is C13H22N4O. The molecule has 1 aromatic heterocycles. The lowest BCUT2D eigenvalue weighted by molar-refractivity contribution is -0.132. The minimum atomic E-state index is 0.118. The van der Waals surface area contributed by atoms with Gasteiger partial charge in [0.2, 0.25) is 5.91 Å². The van der Waals surface area contributed by atoms with Crippen LogP contribution in [0.15, 0.2) is 0 Å². The number of anilines is 1. The summed E-state index contributed by atoms with van der Waals surface area (Å²) in [6.07, 6.45) is 4.72. The second-order valence-electron chi connectivity index (χ2n) is 5.19. The van der Waals surface area contributed by atoms with Crippen LogP contribution in [0.1, 0.15) is 37.1 Å². The lowest BCUT2D eigenvalue weighted by Crippen LogP contribution is -2.37. The Morgan fingerprint density at radius 3 is 2.56 bits per heavy atom. The standard InChI is InChI=1S/C13H22N4O/c1-9-13(14)10(2)17(15-9)8-12(18)16(3)11-6-4-5-7-11/h11H,4-8,14H2,1-3H3. The molecule has 100 valence electrons. The molecule has 0 unspecified atom stereocenters. The Balaban J connectivity index is 2.04. The zero-order valence-electron chi connectivity index (χ0n) is 11.4. The van der Waals surface area contributed by atoms with E-state index in [9.17, 15) is 4.79 Å². The average Bonchev–Trinajstić information content (AvgIpc) is 2.94. The number of aromatic nitrogens is 2. The van der Waals surface area contributed by atoms with Gasteiger partial charge in [-0.3, -0.25) is 9.48 Å². The number of hydrogen-bond donors (Lipinski definition) is 1. The summed E-state index contributed by atoms with van der Waals surface area (Å²) in [5, 5.41) is 4.30. The second kappa shape index (κ2) is 5.00. The van der Waals surface area contributed by atoms with Gasteiger partial charge >= 0.3 is 0 Å². The molecule has 1 saturated carbocycles. The molecule has 2 N–H and O–H groups in total. The molecule has 1 aliphatic rings. The maximum absolute atomic E-state index is 12.2. The van der Waals surface area contributed by atoms with Crippen LogP contribution in [0.5, 0.6) is 0 Å². The van der Waals surface area contributed by atoms with Crippen molar-refractivity contribution in [2.24, 2.45) is 0 Å². The smallest absolute Gasteiger partial charge is 0.244 e. The summed E-state index contributed by atoms with van der Waals surface area (Å²) in [5.74, 6) is 0.118. The average molecular weight is 250 g/mol. The number of hydrogen-bond acceptors (Lipinski definition) is 3. The fraction of sp³-hybridized carbons (Fsp3) is 0.692. The minimum absolute atomic E-state index is 0.118. The Labute approximate surface area is 108 Å². The van der Waals surface area contributed by atoms with Gasteiger partial charge in [-0.1, -0.05) is 12.8 Å². The molecule has 0 atom stereocenters. The Hall–Kier alpha value is -1.52. The molecule has 0 bridgehead atoms. The van der Waals surface area contributed by atoms with E-state index in [4.69, 9.17) is 5.73 Å². The Morgan fingerprint density at radius 2 is 2.06 bits per heavy atom. The number of nitrogens with two attached hydrogens (primary N) is 1. The summed E-state index contributed by atoms with van der Waals surface area (Å²) in [6, 6.07) is 0.409. The van der Waals surface area contributed by atoms with Crippen LogP contribution in [0.2, 0.25) is 0 Å². The quantitative estimate of drug-likeness (QED) is 0.883. The van der Waals surface area contributed by atoms with Gasteiger partial charge < -0.3 is 10.6 Å². The molecule has 0 aromatic carbocycles. The lowest BCUT2D eigenvalue weighted by atomic mass is 10.2. The van der Waals surface area contributed by atoms with Crippen molar-refractivity contribution in [2.75, 3.05) is 12.8 Å². The Morgan fingerprint density at radius 1 is 1.44 bits per heavy atom. The number of nitrogens with zero attached hydrogens (tertiary/aromatic N) is 3. The molecule has 0 spiro atoms. The van der Waals surface area contributed by atoms with E-state index < -0.39 is 0 Å². The van der Waals surface area contributed by atoms with Crippen molar-refractivity contribution >= 4 is 11.6 Å². The molecule has 1 aliphatic carbocycles. The fourth-order valence-corrected chi connectivity index (χ4v) is 2.60. The number of carbonyl (C=O) groups excluding carboxylic acids is 1. The molecule has 1 amide bonds. The molecule has 5 nitrogen and oxygen atoms in total. The van der Waals surface area contributed by atoms with Crippen molar-refractivity contribution in [1.29, 1.82) is 0 Å². The highest BCUT2D eigenvalue weighted by Gasteiger charge is 2.24. The van der Waals surface area contributed by atoms with Crippen LogP contribution in [0, 0.1) is 13.8 Å². The van der Waals surface area contributed by atoms with Crippen LogP contribution in [-0.2, 0) is 11.3 Å². The molecule has 1 aromatic rings. The van der Waals surface area contributed by atoms with Gasteiger partial charge in [-0.05, 0) is 26.7 Å². The van der Waals surface area contributed by atoms with Gasteiger partial charge in [0.05, 0.1) is 17.1 Å². The first kappa shape index (κ1) is 12.9. The summed E-state index contributed by atoms with van der Waals surface area (Å²) in [7, 11) is 1.90. The van der Waals surface area contributed by atoms with E-state index in [2.05, 4.69) is 5.10 Å². The van der Waals surface area contributed by atoms with Gasteiger partial charge in [0.25, 0.3) is 0 Å². The van der Waals surface area contributed by atoms with Gasteiger partial charge in [0.1, 0.15) is 6.54 Å². The fourth-order valence-electron chi connectivity index (χ4n) is 2.60. The van der Waals surface area contributed by atoms with Crippen LogP contribution in [0.4, 0.5) is 5.69 Å². The first-order valence-electron chi connectivity index (χ1n) is 6.56. The predicted octanol–water partition coefficient (Wildman–Crippen LogP) is 1.48. The molecule has 2 rings (SSSR count). The molecule has 1 heterocycles.